The van der Waals surface area contributed by atoms with E-state index in [0.29, 0.717) is 29.0 Å². The Bertz CT molecular complexity index is 1350. The zero-order valence-corrected chi connectivity index (χ0v) is 22.8. The van der Waals surface area contributed by atoms with E-state index in [1.807, 2.05) is 18.2 Å². The number of carbonyl (C=O) groups excluding carboxylic acids is 1. The molecule has 0 aromatic heterocycles. The predicted octanol–water partition coefficient (Wildman–Crippen LogP) is 5.23. The topological polar surface area (TPSA) is 102 Å². The fourth-order valence-corrected chi connectivity index (χ4v) is 5.89. The van der Waals surface area contributed by atoms with E-state index in [0.717, 1.165) is 25.7 Å². The van der Waals surface area contributed by atoms with Crippen molar-refractivity contribution in [3.05, 3.63) is 89.5 Å². The van der Waals surface area contributed by atoms with Gasteiger partial charge in [0.2, 0.25) is 10.0 Å². The Morgan fingerprint density at radius 2 is 1.71 bits per heavy atom. The van der Waals surface area contributed by atoms with Crippen molar-refractivity contribution in [1.82, 2.24) is 4.72 Å². The van der Waals surface area contributed by atoms with Crippen molar-refractivity contribution in [2.45, 2.75) is 68.6 Å². The Morgan fingerprint density at radius 3 is 2.39 bits per heavy atom. The number of methoxy groups -OCH3 is 1. The number of hydrogen-bond acceptors (Lipinski definition) is 6. The standard InChI is InChI=1S/C30H35NO6S/c1-30(2)29(33)28(31-38(34,35)24-17-15-23(36-3)16-18-24)25-20-22(14-19-27(25)37-30)26(32)13-9-5-8-12-21-10-6-4-7-11-21/h4,6-7,10-11,14-20,28-29,31,33H,5,8-9,12-13H2,1-3H3/t28-,29+/m1/s1. The van der Waals surface area contributed by atoms with Crippen LogP contribution in [0.1, 0.15) is 67.1 Å². The highest BCUT2D eigenvalue weighted by molar-refractivity contribution is 7.89. The van der Waals surface area contributed by atoms with Crippen LogP contribution in [0.4, 0.5) is 0 Å². The highest BCUT2D eigenvalue weighted by atomic mass is 32.2. The number of benzene rings is 3. The number of aliphatic hydroxyl groups excluding tert-OH is 1. The Labute approximate surface area is 224 Å². The number of carbonyl (C=O) groups is 1. The molecule has 3 aromatic rings. The maximum Gasteiger partial charge on any atom is 0.241 e. The summed E-state index contributed by atoms with van der Waals surface area (Å²) in [5, 5.41) is 11.1. The highest BCUT2D eigenvalue weighted by Crippen LogP contribution is 2.41. The third kappa shape index (κ3) is 6.43. The number of aryl methyl sites for hydroxylation is 1. The van der Waals surface area contributed by atoms with E-state index in [9.17, 15) is 18.3 Å². The lowest BCUT2D eigenvalue weighted by atomic mass is 9.86. The quantitative estimate of drug-likeness (QED) is 0.256. The molecule has 1 aliphatic rings. The molecule has 0 saturated heterocycles. The first kappa shape index (κ1) is 27.8. The number of sulfonamides is 1. The number of Topliss-reactive ketones (excluding diaryl/α,β-unsaturated/α-hetero) is 1. The van der Waals surface area contributed by atoms with Gasteiger partial charge in [-0.25, -0.2) is 13.1 Å². The van der Waals surface area contributed by atoms with Crippen LogP contribution in [0.3, 0.4) is 0 Å². The molecule has 38 heavy (non-hydrogen) atoms. The normalized spacial score (nSPS) is 18.3. The van der Waals surface area contributed by atoms with Gasteiger partial charge in [-0.2, -0.15) is 0 Å². The second-order valence-corrected chi connectivity index (χ2v) is 11.9. The minimum Gasteiger partial charge on any atom is -0.497 e. The second kappa shape index (κ2) is 11.7. The summed E-state index contributed by atoms with van der Waals surface area (Å²) in [6.45, 7) is 3.40. The minimum absolute atomic E-state index is 0.0244. The van der Waals surface area contributed by atoms with Crippen LogP contribution in [-0.2, 0) is 16.4 Å². The van der Waals surface area contributed by atoms with Crippen LogP contribution in [0.15, 0.2) is 77.7 Å². The maximum absolute atomic E-state index is 13.2. The molecule has 1 aliphatic heterocycles. The molecule has 0 amide bonds. The van der Waals surface area contributed by atoms with Crippen LogP contribution < -0.4 is 14.2 Å². The van der Waals surface area contributed by atoms with Crippen molar-refractivity contribution in [3.8, 4) is 11.5 Å². The van der Waals surface area contributed by atoms with Crippen LogP contribution in [0.2, 0.25) is 0 Å². The van der Waals surface area contributed by atoms with Crippen molar-refractivity contribution >= 4 is 15.8 Å². The molecule has 202 valence electrons. The average Bonchev–Trinajstić information content (AvgIpc) is 2.91. The first-order valence-corrected chi connectivity index (χ1v) is 14.3. The van der Waals surface area contributed by atoms with Crippen molar-refractivity contribution < 1.29 is 27.8 Å². The average molecular weight is 538 g/mol. The van der Waals surface area contributed by atoms with E-state index in [-0.39, 0.29) is 10.7 Å². The van der Waals surface area contributed by atoms with Gasteiger partial charge in [-0.05, 0) is 81.1 Å². The van der Waals surface area contributed by atoms with Crippen LogP contribution in [0, 0.1) is 0 Å². The Hall–Kier alpha value is -3.20. The van der Waals surface area contributed by atoms with Gasteiger partial charge in [0.05, 0.1) is 18.0 Å². The number of fused-ring (bicyclic) bond motifs is 1. The lowest BCUT2D eigenvalue weighted by Gasteiger charge is -2.42. The third-order valence-corrected chi connectivity index (χ3v) is 8.39. The van der Waals surface area contributed by atoms with Crippen LogP contribution in [0.5, 0.6) is 11.5 Å². The van der Waals surface area contributed by atoms with Gasteiger partial charge in [0.25, 0.3) is 0 Å². The predicted molar refractivity (Wildman–Crippen MR) is 146 cm³/mol. The van der Waals surface area contributed by atoms with Gasteiger partial charge in [-0.15, -0.1) is 0 Å². The van der Waals surface area contributed by atoms with E-state index in [1.54, 1.807) is 44.2 Å². The first-order chi connectivity index (χ1) is 18.1. The summed E-state index contributed by atoms with van der Waals surface area (Å²) in [6, 6.07) is 20.3. The minimum atomic E-state index is -3.99. The fraction of sp³-hybridized carbons (Fsp3) is 0.367. The van der Waals surface area contributed by atoms with Gasteiger partial charge in [-0.3, -0.25) is 4.79 Å². The zero-order valence-electron chi connectivity index (χ0n) is 22.0. The summed E-state index contributed by atoms with van der Waals surface area (Å²) in [7, 11) is -2.49. The number of ketones is 1. The Balaban J connectivity index is 1.48. The molecule has 2 atom stereocenters. The summed E-state index contributed by atoms with van der Waals surface area (Å²) in [5.41, 5.74) is 1.14. The molecule has 0 bridgehead atoms. The molecule has 2 N–H and O–H groups in total. The van der Waals surface area contributed by atoms with Crippen molar-refractivity contribution in [3.63, 3.8) is 0 Å². The number of aliphatic hydroxyl groups is 1. The van der Waals surface area contributed by atoms with Gasteiger partial charge in [0.15, 0.2) is 5.78 Å². The lowest BCUT2D eigenvalue weighted by Crippen LogP contribution is -2.53. The summed E-state index contributed by atoms with van der Waals surface area (Å²) >= 11 is 0. The molecular formula is C30H35NO6S. The van der Waals surface area contributed by atoms with Gasteiger partial charge < -0.3 is 14.6 Å². The molecular weight excluding hydrogens is 502 g/mol. The zero-order chi connectivity index (χ0) is 27.3. The number of ether oxygens (including phenoxy) is 2. The summed E-state index contributed by atoms with van der Waals surface area (Å²) < 4.78 is 40.2. The molecule has 7 nitrogen and oxygen atoms in total. The van der Waals surface area contributed by atoms with E-state index in [2.05, 4.69) is 16.9 Å². The molecule has 0 fully saturated rings. The molecule has 3 aromatic carbocycles. The highest BCUT2D eigenvalue weighted by Gasteiger charge is 2.44. The SMILES string of the molecule is COc1ccc(S(=O)(=O)N[C@@H]2c3cc(C(=O)CCCCCc4ccccc4)ccc3OC(C)(C)[C@H]2O)cc1. The summed E-state index contributed by atoms with van der Waals surface area (Å²) in [4.78, 5) is 13.0. The third-order valence-electron chi connectivity index (χ3n) is 6.93. The molecule has 0 unspecified atom stereocenters. The Kier molecular flexibility index (Phi) is 8.55. The van der Waals surface area contributed by atoms with Gasteiger partial charge in [0, 0.05) is 17.5 Å². The van der Waals surface area contributed by atoms with Gasteiger partial charge in [0.1, 0.15) is 23.2 Å². The first-order valence-electron chi connectivity index (χ1n) is 12.9. The van der Waals surface area contributed by atoms with Crippen molar-refractivity contribution in [1.29, 1.82) is 0 Å². The molecule has 0 saturated carbocycles. The molecule has 1 heterocycles. The van der Waals surface area contributed by atoms with Crippen molar-refractivity contribution in [2.75, 3.05) is 7.11 Å². The monoisotopic (exact) mass is 537 g/mol. The van der Waals surface area contributed by atoms with Crippen molar-refractivity contribution in [2.24, 2.45) is 0 Å². The number of nitrogens with one attached hydrogen (secondary N) is 1. The largest absolute Gasteiger partial charge is 0.497 e. The summed E-state index contributed by atoms with van der Waals surface area (Å²) in [6.07, 6.45) is 2.89. The van der Waals surface area contributed by atoms with E-state index in [4.69, 9.17) is 9.47 Å². The lowest BCUT2D eigenvalue weighted by molar-refractivity contribution is -0.0603. The molecule has 4 rings (SSSR count). The fourth-order valence-electron chi connectivity index (χ4n) is 4.67. The molecule has 0 aliphatic carbocycles. The smallest absolute Gasteiger partial charge is 0.241 e. The maximum atomic E-state index is 13.2. The summed E-state index contributed by atoms with van der Waals surface area (Å²) in [5.74, 6) is 0.940. The molecule has 0 spiro atoms. The van der Waals surface area contributed by atoms with Crippen LogP contribution in [0.25, 0.3) is 0 Å². The number of hydrogen-bond donors (Lipinski definition) is 2. The Morgan fingerprint density at radius 1 is 1.00 bits per heavy atom. The van der Waals surface area contributed by atoms with E-state index < -0.39 is 27.8 Å². The van der Waals surface area contributed by atoms with E-state index in [1.165, 1.54) is 24.8 Å². The second-order valence-electron chi connectivity index (χ2n) is 10.1. The van der Waals surface area contributed by atoms with Crippen LogP contribution in [-0.4, -0.2) is 38.1 Å². The molecule has 0 radical (unpaired) electrons. The van der Waals surface area contributed by atoms with Gasteiger partial charge >= 0.3 is 0 Å². The number of rotatable bonds is 11. The van der Waals surface area contributed by atoms with E-state index >= 15 is 0 Å². The molecule has 8 heteroatoms. The van der Waals surface area contributed by atoms with Gasteiger partial charge in [-0.1, -0.05) is 36.8 Å². The van der Waals surface area contributed by atoms with Crippen LogP contribution >= 0.6 is 0 Å². The number of unbranched alkanes of at least 4 members (excludes halogenated alkanes) is 2.